The Morgan fingerprint density at radius 3 is 2.48 bits per heavy atom. The summed E-state index contributed by atoms with van der Waals surface area (Å²) in [5.74, 6) is -0.276. The Morgan fingerprint density at radius 1 is 1.19 bits per heavy atom. The van der Waals surface area contributed by atoms with Crippen molar-refractivity contribution in [2.45, 2.75) is 32.1 Å². The first-order valence-corrected chi connectivity index (χ1v) is 7.32. The van der Waals surface area contributed by atoms with Gasteiger partial charge in [0.25, 0.3) is 0 Å². The molecule has 0 spiro atoms. The summed E-state index contributed by atoms with van der Waals surface area (Å²) in [5.41, 5.74) is 0.784. The van der Waals surface area contributed by atoms with Gasteiger partial charge in [0.2, 0.25) is 5.91 Å². The van der Waals surface area contributed by atoms with Crippen molar-refractivity contribution in [3.05, 3.63) is 29.8 Å². The van der Waals surface area contributed by atoms with Gasteiger partial charge in [-0.05, 0) is 36.8 Å². The number of aryl methyl sites for hydroxylation is 1. The Labute approximate surface area is 124 Å². The highest BCUT2D eigenvalue weighted by molar-refractivity contribution is 5.76. The van der Waals surface area contributed by atoms with Crippen molar-refractivity contribution in [3.8, 4) is 5.75 Å². The molecule has 1 aliphatic rings. The fraction of sp³-hybridized carbons (Fsp3) is 0.500. The van der Waals surface area contributed by atoms with Crippen LogP contribution >= 0.6 is 0 Å². The van der Waals surface area contributed by atoms with Crippen LogP contribution in [0.4, 0.5) is 0 Å². The van der Waals surface area contributed by atoms with Gasteiger partial charge in [0.15, 0.2) is 0 Å². The number of benzene rings is 1. The number of likely N-dealkylation sites (tertiary alicyclic amines) is 1. The highest BCUT2D eigenvalue weighted by atomic mass is 16.4. The molecule has 0 saturated carbocycles. The Morgan fingerprint density at radius 2 is 1.86 bits per heavy atom. The standard InChI is InChI=1S/C16H21NO4/c18-14-4-2-1-3-13(14)5-6-15(19)17-9-7-12(8-10-17)11-16(20)21/h1-4,12,18H,5-11H2,(H,20,21). The third-order valence-corrected chi connectivity index (χ3v) is 4.03. The van der Waals surface area contributed by atoms with Crippen LogP contribution in [0.3, 0.4) is 0 Å². The summed E-state index contributed by atoms with van der Waals surface area (Å²) >= 11 is 0. The largest absolute Gasteiger partial charge is 0.508 e. The number of phenolic OH excluding ortho intramolecular Hbond substituents is 1. The van der Waals surface area contributed by atoms with Crippen LogP contribution in [-0.2, 0) is 16.0 Å². The molecule has 2 rings (SSSR count). The second-order valence-electron chi connectivity index (χ2n) is 5.55. The van der Waals surface area contributed by atoms with Gasteiger partial charge in [-0.1, -0.05) is 18.2 Å². The third kappa shape index (κ3) is 4.48. The lowest BCUT2D eigenvalue weighted by atomic mass is 9.93. The number of amides is 1. The van der Waals surface area contributed by atoms with Gasteiger partial charge < -0.3 is 15.1 Å². The Bertz CT molecular complexity index is 507. The molecular weight excluding hydrogens is 270 g/mol. The number of nitrogens with zero attached hydrogens (tertiary/aromatic N) is 1. The molecule has 1 aromatic rings. The van der Waals surface area contributed by atoms with Crippen molar-refractivity contribution >= 4 is 11.9 Å². The van der Waals surface area contributed by atoms with Crippen molar-refractivity contribution in [2.75, 3.05) is 13.1 Å². The number of aromatic hydroxyl groups is 1. The Hall–Kier alpha value is -2.04. The van der Waals surface area contributed by atoms with Crippen LogP contribution in [0.15, 0.2) is 24.3 Å². The van der Waals surface area contributed by atoms with E-state index in [9.17, 15) is 14.7 Å². The number of para-hydroxylation sites is 1. The van der Waals surface area contributed by atoms with Crippen molar-refractivity contribution in [1.29, 1.82) is 0 Å². The molecule has 0 aromatic heterocycles. The van der Waals surface area contributed by atoms with Crippen molar-refractivity contribution in [2.24, 2.45) is 5.92 Å². The lowest BCUT2D eigenvalue weighted by molar-refractivity contribution is -0.138. The van der Waals surface area contributed by atoms with Crippen LogP contribution in [0.2, 0.25) is 0 Å². The molecular formula is C16H21NO4. The summed E-state index contributed by atoms with van der Waals surface area (Å²) in [4.78, 5) is 24.6. The lowest BCUT2D eigenvalue weighted by Crippen LogP contribution is -2.39. The number of hydrogen-bond acceptors (Lipinski definition) is 3. The van der Waals surface area contributed by atoms with Gasteiger partial charge in [-0.2, -0.15) is 0 Å². The second-order valence-corrected chi connectivity index (χ2v) is 5.55. The van der Waals surface area contributed by atoms with E-state index in [1.165, 1.54) is 0 Å². The van der Waals surface area contributed by atoms with Crippen LogP contribution in [0, 0.1) is 5.92 Å². The minimum Gasteiger partial charge on any atom is -0.508 e. The topological polar surface area (TPSA) is 77.8 Å². The first-order chi connectivity index (χ1) is 10.1. The van der Waals surface area contributed by atoms with Crippen LogP contribution in [0.5, 0.6) is 5.75 Å². The molecule has 5 nitrogen and oxygen atoms in total. The molecule has 114 valence electrons. The van der Waals surface area contributed by atoms with Gasteiger partial charge in [0, 0.05) is 25.9 Å². The molecule has 5 heteroatoms. The number of rotatable bonds is 5. The molecule has 0 radical (unpaired) electrons. The van der Waals surface area contributed by atoms with Crippen LogP contribution < -0.4 is 0 Å². The van der Waals surface area contributed by atoms with Crippen molar-refractivity contribution in [3.63, 3.8) is 0 Å². The van der Waals surface area contributed by atoms with Crippen LogP contribution in [-0.4, -0.2) is 40.1 Å². The first kappa shape index (κ1) is 15.4. The van der Waals surface area contributed by atoms with Crippen molar-refractivity contribution < 1.29 is 19.8 Å². The maximum atomic E-state index is 12.1. The molecule has 1 heterocycles. The molecule has 2 N–H and O–H groups in total. The Kier molecular flexibility index (Phi) is 5.20. The quantitative estimate of drug-likeness (QED) is 0.870. The van der Waals surface area contributed by atoms with E-state index in [0.717, 1.165) is 18.4 Å². The Balaban J connectivity index is 1.77. The predicted octanol–water partition coefficient (Wildman–Crippen LogP) is 2.04. The highest BCUT2D eigenvalue weighted by Crippen LogP contribution is 2.22. The van der Waals surface area contributed by atoms with E-state index in [1.807, 2.05) is 12.1 Å². The maximum absolute atomic E-state index is 12.1. The maximum Gasteiger partial charge on any atom is 0.303 e. The molecule has 0 aliphatic carbocycles. The number of carboxylic acid groups (broad SMARTS) is 1. The van der Waals surface area contributed by atoms with E-state index in [-0.39, 0.29) is 24.0 Å². The van der Waals surface area contributed by atoms with E-state index in [2.05, 4.69) is 0 Å². The average molecular weight is 291 g/mol. The summed E-state index contributed by atoms with van der Waals surface area (Å²) in [6.45, 7) is 1.27. The van der Waals surface area contributed by atoms with Gasteiger partial charge in [0.05, 0.1) is 0 Å². The van der Waals surface area contributed by atoms with Gasteiger partial charge in [0.1, 0.15) is 5.75 Å². The smallest absolute Gasteiger partial charge is 0.303 e. The normalized spacial score (nSPS) is 15.9. The lowest BCUT2D eigenvalue weighted by Gasteiger charge is -2.31. The number of piperidine rings is 1. The van der Waals surface area contributed by atoms with Crippen LogP contribution in [0.1, 0.15) is 31.2 Å². The summed E-state index contributed by atoms with van der Waals surface area (Å²) in [6, 6.07) is 7.05. The zero-order valence-corrected chi connectivity index (χ0v) is 12.0. The van der Waals surface area contributed by atoms with E-state index in [1.54, 1.807) is 17.0 Å². The fourth-order valence-electron chi connectivity index (χ4n) is 2.76. The summed E-state index contributed by atoms with van der Waals surface area (Å²) in [6.07, 6.45) is 2.62. The van der Waals surface area contributed by atoms with Gasteiger partial charge >= 0.3 is 5.97 Å². The first-order valence-electron chi connectivity index (χ1n) is 7.32. The monoisotopic (exact) mass is 291 g/mol. The van der Waals surface area contributed by atoms with Crippen molar-refractivity contribution in [1.82, 2.24) is 4.90 Å². The van der Waals surface area contributed by atoms with E-state index in [0.29, 0.717) is 25.9 Å². The molecule has 1 fully saturated rings. The van der Waals surface area contributed by atoms with E-state index in [4.69, 9.17) is 5.11 Å². The third-order valence-electron chi connectivity index (χ3n) is 4.03. The van der Waals surface area contributed by atoms with Gasteiger partial charge in [-0.25, -0.2) is 0 Å². The number of hydrogen-bond donors (Lipinski definition) is 2. The summed E-state index contributed by atoms with van der Waals surface area (Å²) in [5, 5.41) is 18.4. The molecule has 1 saturated heterocycles. The average Bonchev–Trinajstić information content (AvgIpc) is 2.46. The second kappa shape index (κ2) is 7.11. The van der Waals surface area contributed by atoms with E-state index >= 15 is 0 Å². The van der Waals surface area contributed by atoms with E-state index < -0.39 is 5.97 Å². The summed E-state index contributed by atoms with van der Waals surface area (Å²) < 4.78 is 0. The zero-order valence-electron chi connectivity index (χ0n) is 12.0. The summed E-state index contributed by atoms with van der Waals surface area (Å²) in [7, 11) is 0. The van der Waals surface area contributed by atoms with Gasteiger partial charge in [-0.3, -0.25) is 9.59 Å². The number of carbonyl (C=O) groups is 2. The van der Waals surface area contributed by atoms with Gasteiger partial charge in [-0.15, -0.1) is 0 Å². The molecule has 1 amide bonds. The fourth-order valence-corrected chi connectivity index (χ4v) is 2.76. The number of aliphatic carboxylic acids is 1. The SMILES string of the molecule is O=C(O)CC1CCN(C(=O)CCc2ccccc2O)CC1. The number of carboxylic acids is 1. The molecule has 0 atom stereocenters. The van der Waals surface area contributed by atoms with Crippen LogP contribution in [0.25, 0.3) is 0 Å². The molecule has 0 unspecified atom stereocenters. The molecule has 1 aliphatic heterocycles. The predicted molar refractivity (Wildman–Crippen MR) is 78.0 cm³/mol. The zero-order chi connectivity index (χ0) is 15.2. The minimum absolute atomic E-state index is 0.0760. The molecule has 0 bridgehead atoms. The highest BCUT2D eigenvalue weighted by Gasteiger charge is 2.24. The minimum atomic E-state index is -0.765. The molecule has 1 aromatic carbocycles. The molecule has 21 heavy (non-hydrogen) atoms. The number of carbonyl (C=O) groups excluding carboxylic acids is 1. The number of phenols is 1.